The molecule has 1 unspecified atom stereocenters. The number of hydrogen-bond acceptors (Lipinski definition) is 5. The maximum Gasteiger partial charge on any atom is 0.211 e. The first-order valence-electron chi connectivity index (χ1n) is 8.34. The number of aliphatic hydroxyl groups excluding tert-OH is 1. The summed E-state index contributed by atoms with van der Waals surface area (Å²) in [6, 6.07) is 7.88. The first-order chi connectivity index (χ1) is 11.3. The normalized spacial score (nSPS) is 18.7. The van der Waals surface area contributed by atoms with Crippen LogP contribution in [0.2, 0.25) is 0 Å². The Morgan fingerprint density at radius 1 is 1.17 bits per heavy atom. The van der Waals surface area contributed by atoms with Crippen LogP contribution >= 0.6 is 0 Å². The number of benzene rings is 1. The molecule has 6 nitrogen and oxygen atoms in total. The molecule has 0 saturated carbocycles. The summed E-state index contributed by atoms with van der Waals surface area (Å²) in [4.78, 5) is 2.07. The maximum absolute atomic E-state index is 11.5. The van der Waals surface area contributed by atoms with Crippen LogP contribution in [0.3, 0.4) is 0 Å². The number of para-hydroxylation sites is 1. The number of ether oxygens (including phenoxy) is 1. The fourth-order valence-electron chi connectivity index (χ4n) is 2.87. The standard InChI is InChI=1S/C17H28N2O4S/c1-14(2)16-6-4-5-7-17(16)23-13-15(20)12-18-8-10-19(11-9-18)24(3,21)22/h4-7,14-15,20H,8-13H2,1-3H3. The number of hydrogen-bond donors (Lipinski definition) is 1. The molecule has 1 N–H and O–H groups in total. The van der Waals surface area contributed by atoms with E-state index >= 15 is 0 Å². The van der Waals surface area contributed by atoms with Gasteiger partial charge in [-0.2, -0.15) is 4.31 Å². The van der Waals surface area contributed by atoms with E-state index in [9.17, 15) is 13.5 Å². The third-order valence-corrected chi connectivity index (χ3v) is 5.54. The van der Waals surface area contributed by atoms with Crippen molar-refractivity contribution in [3.63, 3.8) is 0 Å². The van der Waals surface area contributed by atoms with E-state index in [0.717, 1.165) is 11.3 Å². The van der Waals surface area contributed by atoms with Gasteiger partial charge in [0.1, 0.15) is 18.5 Å². The van der Waals surface area contributed by atoms with Crippen molar-refractivity contribution < 1.29 is 18.3 Å². The van der Waals surface area contributed by atoms with Crippen LogP contribution in [-0.2, 0) is 10.0 Å². The van der Waals surface area contributed by atoms with E-state index in [1.807, 2.05) is 24.3 Å². The van der Waals surface area contributed by atoms with Gasteiger partial charge in [-0.05, 0) is 17.5 Å². The highest BCUT2D eigenvalue weighted by Gasteiger charge is 2.24. The summed E-state index contributed by atoms with van der Waals surface area (Å²) in [7, 11) is -3.12. The quantitative estimate of drug-likeness (QED) is 0.793. The lowest BCUT2D eigenvalue weighted by atomic mass is 10.0. The minimum absolute atomic E-state index is 0.232. The fourth-order valence-corrected chi connectivity index (χ4v) is 3.70. The van der Waals surface area contributed by atoms with Crippen LogP contribution in [0.1, 0.15) is 25.3 Å². The smallest absolute Gasteiger partial charge is 0.211 e. The predicted octanol–water partition coefficient (Wildman–Crippen LogP) is 1.13. The molecule has 0 radical (unpaired) electrons. The zero-order valence-electron chi connectivity index (χ0n) is 14.7. The highest BCUT2D eigenvalue weighted by Crippen LogP contribution is 2.25. The highest BCUT2D eigenvalue weighted by atomic mass is 32.2. The highest BCUT2D eigenvalue weighted by molar-refractivity contribution is 7.88. The molecule has 1 saturated heterocycles. The van der Waals surface area contributed by atoms with Gasteiger partial charge in [0.05, 0.1) is 6.26 Å². The van der Waals surface area contributed by atoms with Crippen molar-refractivity contribution in [1.29, 1.82) is 0 Å². The lowest BCUT2D eigenvalue weighted by Gasteiger charge is -2.34. The summed E-state index contributed by atoms with van der Waals surface area (Å²) in [6.45, 7) is 7.15. The Bertz CT molecular complexity index is 625. The second kappa shape index (κ2) is 8.29. The summed E-state index contributed by atoms with van der Waals surface area (Å²) in [5.74, 6) is 1.18. The van der Waals surface area contributed by atoms with Gasteiger partial charge in [-0.1, -0.05) is 32.0 Å². The Kier molecular flexibility index (Phi) is 6.62. The van der Waals surface area contributed by atoms with E-state index in [2.05, 4.69) is 18.7 Å². The molecule has 1 aliphatic heterocycles. The summed E-state index contributed by atoms with van der Waals surface area (Å²) in [6.07, 6.45) is 0.632. The van der Waals surface area contributed by atoms with Crippen LogP contribution in [0, 0.1) is 0 Å². The average molecular weight is 356 g/mol. The van der Waals surface area contributed by atoms with E-state index in [4.69, 9.17) is 4.74 Å². The third-order valence-electron chi connectivity index (χ3n) is 4.24. The number of aliphatic hydroxyl groups is 1. The number of sulfonamides is 1. The molecule has 1 aliphatic rings. The zero-order chi connectivity index (χ0) is 17.7. The number of β-amino-alcohol motifs (C(OH)–C–C–N with tert-alkyl or cyclic N) is 1. The van der Waals surface area contributed by atoms with E-state index in [1.54, 1.807) is 0 Å². The van der Waals surface area contributed by atoms with Gasteiger partial charge in [0.25, 0.3) is 0 Å². The molecule has 0 aliphatic carbocycles. The molecule has 2 rings (SSSR count). The summed E-state index contributed by atoms with van der Waals surface area (Å²) < 4.78 is 30.3. The number of piperazine rings is 1. The van der Waals surface area contributed by atoms with Crippen LogP contribution in [0.15, 0.2) is 24.3 Å². The van der Waals surface area contributed by atoms with Gasteiger partial charge in [0.2, 0.25) is 10.0 Å². The average Bonchev–Trinajstić information content (AvgIpc) is 2.53. The van der Waals surface area contributed by atoms with Crippen molar-refractivity contribution in [2.75, 3.05) is 45.6 Å². The summed E-state index contributed by atoms with van der Waals surface area (Å²) >= 11 is 0. The molecular formula is C17H28N2O4S. The maximum atomic E-state index is 11.5. The van der Waals surface area contributed by atoms with Gasteiger partial charge in [-0.3, -0.25) is 4.90 Å². The Hall–Kier alpha value is -1.15. The molecule has 136 valence electrons. The van der Waals surface area contributed by atoms with Crippen LogP contribution in [0.5, 0.6) is 5.75 Å². The second-order valence-electron chi connectivity index (χ2n) is 6.62. The molecule has 0 bridgehead atoms. The molecule has 24 heavy (non-hydrogen) atoms. The Morgan fingerprint density at radius 3 is 2.38 bits per heavy atom. The summed E-state index contributed by atoms with van der Waals surface area (Å²) in [5.41, 5.74) is 1.13. The largest absolute Gasteiger partial charge is 0.491 e. The van der Waals surface area contributed by atoms with Crippen molar-refractivity contribution in [2.45, 2.75) is 25.9 Å². The Balaban J connectivity index is 1.80. The Labute approximate surface area is 145 Å². The molecular weight excluding hydrogens is 328 g/mol. The van der Waals surface area contributed by atoms with Crippen molar-refractivity contribution in [2.24, 2.45) is 0 Å². The molecule has 0 aromatic heterocycles. The van der Waals surface area contributed by atoms with Gasteiger partial charge < -0.3 is 9.84 Å². The SMILES string of the molecule is CC(C)c1ccccc1OCC(O)CN1CCN(S(C)(=O)=O)CC1. The molecule has 1 aromatic carbocycles. The van der Waals surface area contributed by atoms with Crippen LogP contribution in [-0.4, -0.2) is 74.4 Å². The van der Waals surface area contributed by atoms with Crippen molar-refractivity contribution >= 4 is 10.0 Å². The van der Waals surface area contributed by atoms with Gasteiger partial charge in [0.15, 0.2) is 0 Å². The van der Waals surface area contributed by atoms with Crippen LogP contribution in [0.25, 0.3) is 0 Å². The molecule has 0 amide bonds. The van der Waals surface area contributed by atoms with Gasteiger partial charge in [-0.15, -0.1) is 0 Å². The monoisotopic (exact) mass is 356 g/mol. The van der Waals surface area contributed by atoms with Crippen LogP contribution < -0.4 is 4.74 Å². The number of rotatable bonds is 7. The molecule has 1 aromatic rings. The lowest BCUT2D eigenvalue weighted by Crippen LogP contribution is -2.50. The van der Waals surface area contributed by atoms with Gasteiger partial charge in [-0.25, -0.2) is 8.42 Å². The van der Waals surface area contributed by atoms with E-state index in [0.29, 0.717) is 38.6 Å². The molecule has 1 atom stereocenters. The van der Waals surface area contributed by atoms with Crippen LogP contribution in [0.4, 0.5) is 0 Å². The van der Waals surface area contributed by atoms with E-state index in [-0.39, 0.29) is 6.61 Å². The molecule has 0 spiro atoms. The first-order valence-corrected chi connectivity index (χ1v) is 10.2. The Morgan fingerprint density at radius 2 is 1.79 bits per heavy atom. The lowest BCUT2D eigenvalue weighted by molar-refractivity contribution is 0.0566. The van der Waals surface area contributed by atoms with Gasteiger partial charge in [0, 0.05) is 32.7 Å². The van der Waals surface area contributed by atoms with Crippen molar-refractivity contribution in [1.82, 2.24) is 9.21 Å². The first kappa shape index (κ1) is 19.2. The minimum atomic E-state index is -3.12. The third kappa shape index (κ3) is 5.44. The molecule has 1 fully saturated rings. The predicted molar refractivity (Wildman–Crippen MR) is 94.9 cm³/mol. The molecule has 1 heterocycles. The van der Waals surface area contributed by atoms with Crippen molar-refractivity contribution in [3.05, 3.63) is 29.8 Å². The van der Waals surface area contributed by atoms with E-state index < -0.39 is 16.1 Å². The topological polar surface area (TPSA) is 70.1 Å². The van der Waals surface area contributed by atoms with Gasteiger partial charge >= 0.3 is 0 Å². The fraction of sp³-hybridized carbons (Fsp3) is 0.647. The minimum Gasteiger partial charge on any atom is -0.491 e. The second-order valence-corrected chi connectivity index (χ2v) is 8.60. The van der Waals surface area contributed by atoms with Crippen molar-refractivity contribution in [3.8, 4) is 5.75 Å². The molecule has 7 heteroatoms. The number of nitrogens with zero attached hydrogens (tertiary/aromatic N) is 2. The zero-order valence-corrected chi connectivity index (χ0v) is 15.5. The van der Waals surface area contributed by atoms with E-state index in [1.165, 1.54) is 10.6 Å². The summed E-state index contributed by atoms with van der Waals surface area (Å²) in [5, 5.41) is 10.2.